The van der Waals surface area contributed by atoms with Crippen LogP contribution in [0, 0.1) is 0 Å². The van der Waals surface area contributed by atoms with Crippen LogP contribution in [0.1, 0.15) is 6.92 Å². The van der Waals surface area contributed by atoms with Crippen molar-refractivity contribution in [2.24, 2.45) is 0 Å². The van der Waals surface area contributed by atoms with Crippen LogP contribution in [0.25, 0.3) is 0 Å². The van der Waals surface area contributed by atoms with Crippen LogP contribution in [0.5, 0.6) is 5.75 Å². The van der Waals surface area contributed by atoms with Crippen LogP contribution in [0.3, 0.4) is 0 Å². The Kier molecular flexibility index (Phi) is 4.57. The van der Waals surface area contributed by atoms with Gasteiger partial charge in [-0.05, 0) is 6.07 Å². The minimum absolute atomic E-state index is 0.0342. The van der Waals surface area contributed by atoms with Gasteiger partial charge in [0.05, 0.1) is 24.2 Å². The lowest BCUT2D eigenvalue weighted by atomic mass is 10.2. The number of anilines is 3. The third-order valence-corrected chi connectivity index (χ3v) is 2.46. The molecule has 0 aliphatic heterocycles. The minimum Gasteiger partial charge on any atom is -0.506 e. The van der Waals surface area contributed by atoms with Gasteiger partial charge in [0.25, 0.3) is 0 Å². The molecular weight excluding hydrogens is 250 g/mol. The van der Waals surface area contributed by atoms with Gasteiger partial charge in [-0.3, -0.25) is 9.59 Å². The molecule has 0 aliphatic carbocycles. The summed E-state index contributed by atoms with van der Waals surface area (Å²) >= 11 is 0. The van der Waals surface area contributed by atoms with Gasteiger partial charge in [0, 0.05) is 20.0 Å². The average molecular weight is 267 g/mol. The Balaban J connectivity index is 3.06. The van der Waals surface area contributed by atoms with Crippen molar-refractivity contribution in [2.45, 2.75) is 6.92 Å². The van der Waals surface area contributed by atoms with Gasteiger partial charge in [-0.2, -0.15) is 0 Å². The van der Waals surface area contributed by atoms with E-state index >= 15 is 0 Å². The number of hydrogen-bond donors (Lipinski definition) is 3. The lowest BCUT2D eigenvalue weighted by molar-refractivity contribution is -0.138. The lowest BCUT2D eigenvalue weighted by Gasteiger charge is -2.20. The molecule has 1 aromatic carbocycles. The molecule has 0 fully saturated rings. The van der Waals surface area contributed by atoms with E-state index in [1.165, 1.54) is 31.1 Å². The van der Waals surface area contributed by atoms with Crippen molar-refractivity contribution < 1.29 is 19.4 Å². The number of nitrogens with one attached hydrogen (secondary N) is 1. The number of likely N-dealkylation sites (N-methyl/N-ethyl adjacent to an activating group) is 1. The van der Waals surface area contributed by atoms with Crippen molar-refractivity contribution in [2.75, 3.05) is 36.7 Å². The number of methoxy groups -OCH3 is 1. The molecule has 7 nitrogen and oxygen atoms in total. The number of nitrogens with two attached hydrogens (primary N) is 1. The molecule has 0 aromatic heterocycles. The topological polar surface area (TPSA) is 105 Å². The first kappa shape index (κ1) is 14.6. The third-order valence-electron chi connectivity index (χ3n) is 2.46. The summed E-state index contributed by atoms with van der Waals surface area (Å²) in [7, 11) is 2.89. The number of benzene rings is 1. The zero-order valence-corrected chi connectivity index (χ0v) is 11.1. The highest BCUT2D eigenvalue weighted by atomic mass is 16.5. The number of amides is 1. The van der Waals surface area contributed by atoms with Gasteiger partial charge in [-0.25, -0.2) is 0 Å². The van der Waals surface area contributed by atoms with Gasteiger partial charge in [-0.15, -0.1) is 0 Å². The largest absolute Gasteiger partial charge is 0.506 e. The quantitative estimate of drug-likeness (QED) is 0.418. The molecule has 0 spiro atoms. The van der Waals surface area contributed by atoms with E-state index in [0.717, 1.165) is 0 Å². The van der Waals surface area contributed by atoms with Crippen molar-refractivity contribution in [3.63, 3.8) is 0 Å². The first-order chi connectivity index (χ1) is 8.85. The van der Waals surface area contributed by atoms with Gasteiger partial charge in [0.15, 0.2) is 0 Å². The first-order valence-corrected chi connectivity index (χ1v) is 5.53. The van der Waals surface area contributed by atoms with Crippen molar-refractivity contribution >= 4 is 28.9 Å². The number of aromatic hydroxyl groups is 1. The average Bonchev–Trinajstić information content (AvgIpc) is 2.31. The number of hydrogen-bond acceptors (Lipinski definition) is 6. The van der Waals surface area contributed by atoms with Crippen LogP contribution < -0.4 is 16.0 Å². The molecule has 0 unspecified atom stereocenters. The molecule has 7 heteroatoms. The lowest BCUT2D eigenvalue weighted by Crippen LogP contribution is -2.26. The molecule has 0 bridgehead atoms. The maximum absolute atomic E-state index is 11.2. The summed E-state index contributed by atoms with van der Waals surface area (Å²) < 4.78 is 4.54. The summed E-state index contributed by atoms with van der Waals surface area (Å²) in [6.07, 6.45) is 0. The van der Waals surface area contributed by atoms with E-state index in [1.807, 2.05) is 0 Å². The van der Waals surface area contributed by atoms with E-state index in [-0.39, 0.29) is 23.9 Å². The highest BCUT2D eigenvalue weighted by Crippen LogP contribution is 2.34. The molecular formula is C12H17N3O4. The van der Waals surface area contributed by atoms with E-state index in [0.29, 0.717) is 11.4 Å². The van der Waals surface area contributed by atoms with Crippen LogP contribution in [0.4, 0.5) is 17.1 Å². The monoisotopic (exact) mass is 267 g/mol. The molecule has 104 valence electrons. The summed E-state index contributed by atoms with van der Waals surface area (Å²) in [5.74, 6) is -0.809. The summed E-state index contributed by atoms with van der Waals surface area (Å²) in [4.78, 5) is 23.7. The number of phenols is 1. The van der Waals surface area contributed by atoms with Crippen LogP contribution in [-0.4, -0.2) is 37.7 Å². The Bertz CT molecular complexity index is 502. The zero-order valence-electron chi connectivity index (χ0n) is 11.1. The Hall–Kier alpha value is -2.44. The van der Waals surface area contributed by atoms with Crippen molar-refractivity contribution in [1.82, 2.24) is 0 Å². The molecule has 0 saturated carbocycles. The van der Waals surface area contributed by atoms with E-state index in [2.05, 4.69) is 10.1 Å². The molecule has 1 aromatic rings. The fourth-order valence-corrected chi connectivity index (χ4v) is 1.54. The normalized spacial score (nSPS) is 9.84. The fraction of sp³-hybridized carbons (Fsp3) is 0.333. The second kappa shape index (κ2) is 5.94. The van der Waals surface area contributed by atoms with E-state index in [4.69, 9.17) is 5.73 Å². The predicted octanol–water partition coefficient (Wildman–Crippen LogP) is 0.542. The number of esters is 1. The molecule has 4 N–H and O–H groups in total. The summed E-state index contributed by atoms with van der Waals surface area (Å²) in [5, 5.41) is 12.4. The number of nitrogen functional groups attached to an aromatic ring is 1. The zero-order chi connectivity index (χ0) is 14.6. The highest BCUT2D eigenvalue weighted by molar-refractivity contribution is 5.94. The molecule has 0 radical (unpaired) electrons. The minimum atomic E-state index is -0.445. The van der Waals surface area contributed by atoms with Gasteiger partial charge in [-0.1, -0.05) is 0 Å². The Morgan fingerprint density at radius 3 is 2.63 bits per heavy atom. The molecule has 0 atom stereocenters. The third kappa shape index (κ3) is 3.77. The van der Waals surface area contributed by atoms with E-state index in [1.54, 1.807) is 7.05 Å². The van der Waals surface area contributed by atoms with E-state index in [9.17, 15) is 14.7 Å². The number of carbonyl (C=O) groups excluding carboxylic acids is 2. The first-order valence-electron chi connectivity index (χ1n) is 5.53. The van der Waals surface area contributed by atoms with Crippen molar-refractivity contribution in [3.05, 3.63) is 12.1 Å². The van der Waals surface area contributed by atoms with Gasteiger partial charge in [0.1, 0.15) is 12.3 Å². The summed E-state index contributed by atoms with van der Waals surface area (Å²) in [5.41, 5.74) is 6.66. The standard InChI is InChI=1S/C12H17N3O4/c1-7(16)14-9-5-10(11(17)4-8(9)13)15(2)6-12(18)19-3/h4-5,17H,6,13H2,1-3H3,(H,14,16). The highest BCUT2D eigenvalue weighted by Gasteiger charge is 2.14. The number of nitrogens with zero attached hydrogens (tertiary/aromatic N) is 1. The Morgan fingerprint density at radius 2 is 2.11 bits per heavy atom. The maximum Gasteiger partial charge on any atom is 0.325 e. The molecule has 0 aliphatic rings. The van der Waals surface area contributed by atoms with Crippen LogP contribution in [0.15, 0.2) is 12.1 Å². The SMILES string of the molecule is COC(=O)CN(C)c1cc(NC(C)=O)c(N)cc1O. The van der Waals surface area contributed by atoms with Gasteiger partial charge in [0.2, 0.25) is 5.91 Å². The summed E-state index contributed by atoms with van der Waals surface area (Å²) in [6, 6.07) is 2.81. The second-order valence-corrected chi connectivity index (χ2v) is 4.04. The van der Waals surface area contributed by atoms with E-state index < -0.39 is 5.97 Å². The fourth-order valence-electron chi connectivity index (χ4n) is 1.54. The number of rotatable bonds is 4. The van der Waals surface area contributed by atoms with Crippen molar-refractivity contribution in [3.8, 4) is 5.75 Å². The van der Waals surface area contributed by atoms with Crippen molar-refractivity contribution in [1.29, 1.82) is 0 Å². The number of phenolic OH excluding ortho intramolecular Hbond substituents is 1. The number of ether oxygens (including phenoxy) is 1. The Morgan fingerprint density at radius 1 is 1.47 bits per heavy atom. The predicted molar refractivity (Wildman–Crippen MR) is 72.1 cm³/mol. The van der Waals surface area contributed by atoms with Gasteiger partial charge >= 0.3 is 5.97 Å². The molecule has 1 rings (SSSR count). The Labute approximate surface area is 111 Å². The van der Waals surface area contributed by atoms with Gasteiger partial charge < -0.3 is 25.8 Å². The molecule has 0 heterocycles. The second-order valence-electron chi connectivity index (χ2n) is 4.04. The van der Waals surface area contributed by atoms with Crippen LogP contribution in [0.2, 0.25) is 0 Å². The smallest absolute Gasteiger partial charge is 0.325 e. The maximum atomic E-state index is 11.2. The number of carbonyl (C=O) groups is 2. The molecule has 19 heavy (non-hydrogen) atoms. The van der Waals surface area contributed by atoms with Crippen LogP contribution in [-0.2, 0) is 14.3 Å². The molecule has 1 amide bonds. The summed E-state index contributed by atoms with van der Waals surface area (Å²) in [6.45, 7) is 1.32. The van der Waals surface area contributed by atoms with Crippen LogP contribution >= 0.6 is 0 Å². The molecule has 0 saturated heterocycles.